The van der Waals surface area contributed by atoms with Gasteiger partial charge in [-0.05, 0) is 37.3 Å². The molecule has 1 aliphatic carbocycles. The van der Waals surface area contributed by atoms with Crippen molar-refractivity contribution < 1.29 is 18.3 Å². The number of nitrogen functional groups attached to an aromatic ring is 1. The number of pyridine rings is 1. The first-order chi connectivity index (χ1) is 16.0. The Morgan fingerprint density at radius 2 is 2.12 bits per heavy atom. The molecule has 11 heteroatoms. The Labute approximate surface area is 188 Å². The van der Waals surface area contributed by atoms with Crippen LogP contribution in [0.3, 0.4) is 0 Å². The van der Waals surface area contributed by atoms with Gasteiger partial charge in [-0.15, -0.1) is 0 Å². The number of alkyl halides is 2. The molecule has 1 saturated heterocycles. The van der Waals surface area contributed by atoms with Crippen molar-refractivity contribution in [1.82, 2.24) is 29.6 Å². The number of nitrogens with one attached hydrogen (secondary N) is 1. The van der Waals surface area contributed by atoms with Crippen molar-refractivity contribution >= 4 is 5.82 Å². The Hall–Kier alpha value is -3.05. The summed E-state index contributed by atoms with van der Waals surface area (Å²) in [6, 6.07) is 3.69. The number of likely N-dealkylation sites (tertiary alicyclic amines) is 1. The molecule has 174 valence electrons. The predicted molar refractivity (Wildman–Crippen MR) is 114 cm³/mol. The van der Waals surface area contributed by atoms with E-state index in [2.05, 4.69) is 24.6 Å². The number of imidazole rings is 1. The highest BCUT2D eigenvalue weighted by atomic mass is 19.3. The fourth-order valence-corrected chi connectivity index (χ4v) is 5.20. The monoisotopic (exact) mass is 457 g/mol. The summed E-state index contributed by atoms with van der Waals surface area (Å²) < 4.78 is 38.3. The SMILES string of the molecule is Nc1ncc(-c2cc3n(n2)CCOC32CCN(C(c3ncc[nH]3)C3CC3)C2)cc1OC(F)F. The molecule has 9 nitrogen and oxygen atoms in total. The number of anilines is 1. The molecule has 3 aliphatic rings. The smallest absolute Gasteiger partial charge is 0.387 e. The molecule has 2 atom stereocenters. The van der Waals surface area contributed by atoms with Crippen LogP contribution in [-0.2, 0) is 16.9 Å². The normalized spacial score (nSPS) is 23.8. The number of ether oxygens (including phenoxy) is 2. The van der Waals surface area contributed by atoms with Crippen LogP contribution in [0, 0.1) is 5.92 Å². The highest BCUT2D eigenvalue weighted by Crippen LogP contribution is 2.48. The highest BCUT2D eigenvalue weighted by Gasteiger charge is 2.50. The van der Waals surface area contributed by atoms with Gasteiger partial charge < -0.3 is 20.2 Å². The van der Waals surface area contributed by atoms with Gasteiger partial charge in [0.25, 0.3) is 0 Å². The molecule has 0 bridgehead atoms. The summed E-state index contributed by atoms with van der Waals surface area (Å²) in [5.74, 6) is 1.39. The summed E-state index contributed by atoms with van der Waals surface area (Å²) in [6.07, 6.45) is 8.48. The first-order valence-electron chi connectivity index (χ1n) is 11.2. The topological polar surface area (TPSA) is 107 Å². The molecule has 2 aliphatic heterocycles. The summed E-state index contributed by atoms with van der Waals surface area (Å²) >= 11 is 0. The van der Waals surface area contributed by atoms with E-state index in [4.69, 9.17) is 15.6 Å². The second-order valence-electron chi connectivity index (χ2n) is 8.94. The van der Waals surface area contributed by atoms with Crippen molar-refractivity contribution in [1.29, 1.82) is 0 Å². The molecule has 33 heavy (non-hydrogen) atoms. The number of nitrogens with zero attached hydrogens (tertiary/aromatic N) is 5. The Bertz CT molecular complexity index is 1150. The van der Waals surface area contributed by atoms with Crippen molar-refractivity contribution in [2.24, 2.45) is 5.92 Å². The zero-order valence-electron chi connectivity index (χ0n) is 18.0. The van der Waals surface area contributed by atoms with E-state index >= 15 is 0 Å². The van der Waals surface area contributed by atoms with Crippen molar-refractivity contribution in [2.45, 2.75) is 44.1 Å². The molecule has 6 rings (SSSR count). The minimum atomic E-state index is -2.98. The van der Waals surface area contributed by atoms with Crippen LogP contribution < -0.4 is 10.5 Å². The molecule has 3 N–H and O–H groups in total. The van der Waals surface area contributed by atoms with Gasteiger partial charge in [0.05, 0.1) is 30.6 Å². The summed E-state index contributed by atoms with van der Waals surface area (Å²) in [6.45, 7) is -0.132. The number of aromatic nitrogens is 5. The minimum Gasteiger partial charge on any atom is -0.431 e. The minimum absolute atomic E-state index is 0.0849. The average molecular weight is 457 g/mol. The Morgan fingerprint density at radius 3 is 2.88 bits per heavy atom. The van der Waals surface area contributed by atoms with Crippen molar-refractivity contribution in [3.63, 3.8) is 0 Å². The molecule has 0 amide bonds. The fourth-order valence-electron chi connectivity index (χ4n) is 5.20. The van der Waals surface area contributed by atoms with Gasteiger partial charge in [-0.25, -0.2) is 9.97 Å². The number of halogens is 2. The first-order valence-corrected chi connectivity index (χ1v) is 11.2. The lowest BCUT2D eigenvalue weighted by atomic mass is 9.96. The molecule has 5 heterocycles. The van der Waals surface area contributed by atoms with Gasteiger partial charge in [0, 0.05) is 37.2 Å². The number of hydrogen-bond acceptors (Lipinski definition) is 7. The van der Waals surface area contributed by atoms with Crippen molar-refractivity contribution in [3.8, 4) is 17.0 Å². The van der Waals surface area contributed by atoms with Gasteiger partial charge in [0.2, 0.25) is 0 Å². The number of rotatable bonds is 6. The summed E-state index contributed by atoms with van der Waals surface area (Å²) in [5, 5.41) is 4.73. The summed E-state index contributed by atoms with van der Waals surface area (Å²) in [7, 11) is 0. The number of hydrogen-bond donors (Lipinski definition) is 2. The van der Waals surface area contributed by atoms with E-state index < -0.39 is 12.2 Å². The van der Waals surface area contributed by atoms with Gasteiger partial charge in [0.1, 0.15) is 11.4 Å². The van der Waals surface area contributed by atoms with E-state index in [1.165, 1.54) is 25.1 Å². The van der Waals surface area contributed by atoms with Crippen LogP contribution in [0.15, 0.2) is 30.7 Å². The van der Waals surface area contributed by atoms with Gasteiger partial charge in [-0.2, -0.15) is 13.9 Å². The molecule has 0 aromatic carbocycles. The van der Waals surface area contributed by atoms with Crippen molar-refractivity contribution in [3.05, 3.63) is 42.2 Å². The maximum Gasteiger partial charge on any atom is 0.387 e. The Kier molecular flexibility index (Phi) is 4.84. The van der Waals surface area contributed by atoms with Crippen LogP contribution in [0.5, 0.6) is 5.75 Å². The van der Waals surface area contributed by atoms with Crippen LogP contribution in [-0.4, -0.2) is 55.9 Å². The van der Waals surface area contributed by atoms with E-state index in [-0.39, 0.29) is 17.6 Å². The Morgan fingerprint density at radius 1 is 1.24 bits per heavy atom. The number of H-pyrrole nitrogens is 1. The highest BCUT2D eigenvalue weighted by molar-refractivity contribution is 5.64. The fraction of sp³-hybridized carbons (Fsp3) is 0.500. The first kappa shape index (κ1) is 20.5. The average Bonchev–Trinajstić information content (AvgIpc) is 3.17. The van der Waals surface area contributed by atoms with Crippen LogP contribution in [0.2, 0.25) is 0 Å². The molecule has 2 unspecified atom stereocenters. The van der Waals surface area contributed by atoms with E-state index in [0.29, 0.717) is 30.3 Å². The molecule has 1 spiro atoms. The molecule has 3 aromatic heterocycles. The standard InChI is InChI=1S/C22H25F2N7O2/c23-21(24)33-16-9-14(11-28-19(16)25)15-10-17-22(32-8-7-31(17)29-15)3-6-30(12-22)18(13-1-2-13)20-26-4-5-27-20/h4-5,9-11,13,18,21H,1-3,6-8,12H2,(H2,25,28)(H,26,27). The van der Waals surface area contributed by atoms with Crippen LogP contribution >= 0.6 is 0 Å². The molecule has 1 saturated carbocycles. The second kappa shape index (κ2) is 7.77. The largest absolute Gasteiger partial charge is 0.431 e. The van der Waals surface area contributed by atoms with E-state index in [1.807, 2.05) is 23.1 Å². The maximum absolute atomic E-state index is 12.7. The molecule has 0 radical (unpaired) electrons. The van der Waals surface area contributed by atoms with E-state index in [0.717, 1.165) is 31.0 Å². The maximum atomic E-state index is 12.7. The molecular formula is C22H25F2N7O2. The zero-order chi connectivity index (χ0) is 22.6. The molecular weight excluding hydrogens is 432 g/mol. The summed E-state index contributed by atoms with van der Waals surface area (Å²) in [5.41, 5.74) is 7.42. The second-order valence-corrected chi connectivity index (χ2v) is 8.94. The van der Waals surface area contributed by atoms with Gasteiger partial charge in [-0.1, -0.05) is 0 Å². The van der Waals surface area contributed by atoms with Gasteiger partial charge in [0.15, 0.2) is 11.6 Å². The van der Waals surface area contributed by atoms with Gasteiger partial charge in [-0.3, -0.25) is 9.58 Å². The predicted octanol–water partition coefficient (Wildman–Crippen LogP) is 2.93. The molecule has 3 aromatic rings. The third-order valence-corrected chi connectivity index (χ3v) is 6.84. The summed E-state index contributed by atoms with van der Waals surface area (Å²) in [4.78, 5) is 14.3. The van der Waals surface area contributed by atoms with Gasteiger partial charge >= 0.3 is 6.61 Å². The lowest BCUT2D eigenvalue weighted by molar-refractivity contribution is -0.0746. The zero-order valence-corrected chi connectivity index (χ0v) is 18.0. The molecule has 2 fully saturated rings. The quantitative estimate of drug-likeness (QED) is 0.586. The lowest BCUT2D eigenvalue weighted by Gasteiger charge is -2.35. The van der Waals surface area contributed by atoms with Crippen molar-refractivity contribution in [2.75, 3.05) is 25.4 Å². The van der Waals surface area contributed by atoms with E-state index in [9.17, 15) is 8.78 Å². The Balaban J connectivity index is 1.30. The number of nitrogens with two attached hydrogens (primary N) is 1. The number of aromatic amines is 1. The van der Waals surface area contributed by atoms with Crippen LogP contribution in [0.25, 0.3) is 11.3 Å². The van der Waals surface area contributed by atoms with Crippen LogP contribution in [0.4, 0.5) is 14.6 Å². The third kappa shape index (κ3) is 3.65. The van der Waals surface area contributed by atoms with E-state index in [1.54, 1.807) is 0 Å². The van der Waals surface area contributed by atoms with Crippen LogP contribution in [0.1, 0.15) is 36.8 Å². The number of fused-ring (bicyclic) bond motifs is 2. The third-order valence-electron chi connectivity index (χ3n) is 6.84. The lowest BCUT2D eigenvalue weighted by Crippen LogP contribution is -2.41.